The highest BCUT2D eigenvalue weighted by Crippen LogP contribution is 2.61. The number of amides is 2. The molecule has 6 unspecified atom stereocenters. The third kappa shape index (κ3) is 7.87. The Morgan fingerprint density at radius 3 is 2.33 bits per heavy atom. The fourth-order valence-corrected chi connectivity index (χ4v) is 11.2. The van der Waals surface area contributed by atoms with Gasteiger partial charge < -0.3 is 35.8 Å². The van der Waals surface area contributed by atoms with E-state index in [0.29, 0.717) is 49.2 Å². The number of aliphatic hydroxyl groups is 4. The second-order valence-electron chi connectivity index (χ2n) is 16.7. The van der Waals surface area contributed by atoms with E-state index >= 15 is 0 Å². The summed E-state index contributed by atoms with van der Waals surface area (Å²) in [5.74, 6) is 1.08. The number of nitrogens with zero attached hydrogens (tertiary/aromatic N) is 2. The van der Waals surface area contributed by atoms with Gasteiger partial charge in [0, 0.05) is 63.6 Å². The number of ether oxygens (including phenoxy) is 1. The van der Waals surface area contributed by atoms with Crippen LogP contribution in [-0.2, 0) is 19.2 Å². The van der Waals surface area contributed by atoms with Gasteiger partial charge in [0.15, 0.2) is 0 Å². The summed E-state index contributed by atoms with van der Waals surface area (Å²) in [5.41, 5.74) is 0.300. The molecule has 14 atom stereocenters. The van der Waals surface area contributed by atoms with Gasteiger partial charge in [0.2, 0.25) is 11.8 Å². The molecule has 0 spiro atoms. The van der Waals surface area contributed by atoms with Crippen molar-refractivity contribution in [1.82, 2.24) is 20.6 Å². The number of hydrogen-bond acceptors (Lipinski definition) is 10. The lowest BCUT2D eigenvalue weighted by atomic mass is 9.45. The number of hydroxylamine groups is 2. The highest BCUT2D eigenvalue weighted by atomic mass is 16.7. The van der Waals surface area contributed by atoms with Crippen molar-refractivity contribution < 1.29 is 39.6 Å². The number of carbonyl (C=O) groups excluding carboxylic acids is 2. The number of aliphatic hydroxyl groups excluding tert-OH is 4. The zero-order chi connectivity index (χ0) is 35.6. The van der Waals surface area contributed by atoms with Gasteiger partial charge in [0.25, 0.3) is 0 Å². The Balaban J connectivity index is 1.34. The molecular weight excluding hydrogens is 628 g/mol. The first-order valence-electron chi connectivity index (χ1n) is 19.1. The third-order valence-electron chi connectivity index (χ3n) is 14.0. The molecule has 5 aliphatic carbocycles. The molecule has 0 aromatic heterocycles. The fourth-order valence-electron chi connectivity index (χ4n) is 11.2. The van der Waals surface area contributed by atoms with Gasteiger partial charge in [0.1, 0.15) is 12.1 Å². The summed E-state index contributed by atoms with van der Waals surface area (Å²) in [4.78, 5) is 35.7. The number of hydrogen-bond donors (Lipinski definition) is 6. The molecule has 6 N–H and O–H groups in total. The first-order chi connectivity index (χ1) is 23.4. The smallest absolute Gasteiger partial charge is 0.240 e. The summed E-state index contributed by atoms with van der Waals surface area (Å²) in [6, 6.07) is -0.608. The summed E-state index contributed by atoms with van der Waals surface area (Å²) in [5, 5.41) is 48.8. The average Bonchev–Trinajstić information content (AvgIpc) is 3.46. The third-order valence-corrected chi connectivity index (χ3v) is 14.0. The zero-order valence-electron chi connectivity index (χ0n) is 30.8. The molecule has 12 heteroatoms. The summed E-state index contributed by atoms with van der Waals surface area (Å²) < 4.78 is 6.31. The quantitative estimate of drug-likeness (QED) is 0.157. The van der Waals surface area contributed by atoms with Crippen LogP contribution in [0.1, 0.15) is 79.1 Å². The Hall–Kier alpha value is -1.38. The monoisotopic (exact) mass is 694 g/mol. The molecule has 2 amide bonds. The van der Waals surface area contributed by atoms with Gasteiger partial charge >= 0.3 is 0 Å². The highest BCUT2D eigenvalue weighted by Gasteiger charge is 2.58. The van der Waals surface area contributed by atoms with Crippen LogP contribution in [0.4, 0.5) is 0 Å². The van der Waals surface area contributed by atoms with Crippen molar-refractivity contribution in [2.45, 2.75) is 115 Å². The van der Waals surface area contributed by atoms with Gasteiger partial charge in [-0.3, -0.25) is 19.3 Å². The molecule has 6 aliphatic rings. The summed E-state index contributed by atoms with van der Waals surface area (Å²) >= 11 is 0. The van der Waals surface area contributed by atoms with Crippen LogP contribution in [0.5, 0.6) is 0 Å². The van der Waals surface area contributed by atoms with Crippen LogP contribution in [0.25, 0.3) is 0 Å². The summed E-state index contributed by atoms with van der Waals surface area (Å²) in [7, 11) is 3.42. The van der Waals surface area contributed by atoms with Gasteiger partial charge in [-0.2, -0.15) is 5.06 Å². The Labute approximate surface area is 293 Å². The van der Waals surface area contributed by atoms with Crippen molar-refractivity contribution in [2.75, 3.05) is 53.6 Å². The summed E-state index contributed by atoms with van der Waals surface area (Å²) in [6.07, 6.45) is 5.61. The second kappa shape index (κ2) is 16.5. The van der Waals surface area contributed by atoms with Gasteiger partial charge in [0.05, 0.1) is 32.0 Å². The van der Waals surface area contributed by atoms with Crippen LogP contribution in [0.2, 0.25) is 0 Å². The molecule has 282 valence electrons. The Morgan fingerprint density at radius 2 is 1.76 bits per heavy atom. The maximum absolute atomic E-state index is 14.2. The SMILES string of the molecule is CNC(=O)C1CC(C2CCCC(CN3O[C@@H](CO)[C@@H]([C@H](C)O)[C@H]3C(=O)N[C@H]3C[C@H]4C[C@@H]([C@@H]3C)C4(C)C)C2OC)CC(N(CCO)CCO)C1. The molecule has 1 saturated heterocycles. The molecule has 2 bridgehead atoms. The van der Waals surface area contributed by atoms with E-state index in [2.05, 4.69) is 36.3 Å². The molecule has 0 aromatic rings. The van der Waals surface area contributed by atoms with Crippen LogP contribution >= 0.6 is 0 Å². The molecular formula is C37H66N4O8. The molecule has 49 heavy (non-hydrogen) atoms. The Morgan fingerprint density at radius 1 is 1.04 bits per heavy atom. The zero-order valence-corrected chi connectivity index (χ0v) is 30.8. The maximum atomic E-state index is 14.2. The van der Waals surface area contributed by atoms with Gasteiger partial charge in [-0.05, 0) is 86.9 Å². The van der Waals surface area contributed by atoms with Crippen molar-refractivity contribution in [1.29, 1.82) is 0 Å². The minimum absolute atomic E-state index is 0.0102. The van der Waals surface area contributed by atoms with E-state index in [0.717, 1.165) is 38.5 Å². The second-order valence-corrected chi connectivity index (χ2v) is 16.7. The highest BCUT2D eigenvalue weighted by molar-refractivity contribution is 5.83. The van der Waals surface area contributed by atoms with Crippen LogP contribution in [0, 0.1) is 52.8 Å². The number of rotatable bonds is 14. The number of fused-ring (bicyclic) bond motifs is 2. The van der Waals surface area contributed by atoms with Crippen molar-refractivity contribution in [2.24, 2.45) is 52.8 Å². The molecule has 6 fully saturated rings. The number of methoxy groups -OCH3 is 1. The number of carbonyl (C=O) groups is 2. The lowest BCUT2D eigenvalue weighted by molar-refractivity contribution is -0.193. The Kier molecular flexibility index (Phi) is 13.1. The minimum Gasteiger partial charge on any atom is -0.395 e. The number of nitrogens with one attached hydrogen (secondary N) is 2. The van der Waals surface area contributed by atoms with Gasteiger partial charge in [-0.15, -0.1) is 0 Å². The van der Waals surface area contributed by atoms with Crippen LogP contribution < -0.4 is 10.6 Å². The largest absolute Gasteiger partial charge is 0.395 e. The Bertz CT molecular complexity index is 1100. The first-order valence-corrected chi connectivity index (χ1v) is 19.1. The van der Waals surface area contributed by atoms with E-state index in [1.807, 2.05) is 0 Å². The lowest BCUT2D eigenvalue weighted by Gasteiger charge is -2.62. The van der Waals surface area contributed by atoms with Crippen molar-refractivity contribution >= 4 is 11.8 Å². The van der Waals surface area contributed by atoms with E-state index in [1.54, 1.807) is 26.1 Å². The fraction of sp³-hybridized carbons (Fsp3) is 0.946. The average molecular weight is 695 g/mol. The molecule has 0 radical (unpaired) electrons. The molecule has 5 saturated carbocycles. The van der Waals surface area contributed by atoms with Gasteiger partial charge in [-0.1, -0.05) is 27.2 Å². The predicted molar refractivity (Wildman–Crippen MR) is 185 cm³/mol. The topological polar surface area (TPSA) is 164 Å². The van der Waals surface area contributed by atoms with E-state index in [4.69, 9.17) is 9.57 Å². The van der Waals surface area contributed by atoms with E-state index in [9.17, 15) is 30.0 Å². The van der Waals surface area contributed by atoms with Gasteiger partial charge in [-0.25, -0.2) is 0 Å². The predicted octanol–water partition coefficient (Wildman–Crippen LogP) is 1.40. The van der Waals surface area contributed by atoms with Crippen molar-refractivity contribution in [3.63, 3.8) is 0 Å². The van der Waals surface area contributed by atoms with Crippen molar-refractivity contribution in [3.8, 4) is 0 Å². The molecule has 6 rings (SSSR count). The summed E-state index contributed by atoms with van der Waals surface area (Å²) in [6.45, 7) is 9.63. The minimum atomic E-state index is -0.854. The first kappa shape index (κ1) is 38.8. The normalized spacial score (nSPS) is 41.2. The lowest BCUT2D eigenvalue weighted by Crippen LogP contribution is -2.62. The van der Waals surface area contributed by atoms with Crippen LogP contribution in [0.15, 0.2) is 0 Å². The molecule has 0 aromatic carbocycles. The van der Waals surface area contributed by atoms with Crippen LogP contribution in [-0.4, -0.2) is 132 Å². The van der Waals surface area contributed by atoms with E-state index in [1.165, 1.54) is 6.42 Å². The molecule has 1 aliphatic heterocycles. The van der Waals surface area contributed by atoms with Crippen LogP contribution in [0.3, 0.4) is 0 Å². The van der Waals surface area contributed by atoms with E-state index in [-0.39, 0.29) is 73.5 Å². The molecule has 12 nitrogen and oxygen atoms in total. The van der Waals surface area contributed by atoms with E-state index < -0.39 is 24.2 Å². The van der Waals surface area contributed by atoms with Crippen molar-refractivity contribution in [3.05, 3.63) is 0 Å². The molecule has 1 heterocycles. The maximum Gasteiger partial charge on any atom is 0.240 e. The standard InChI is InChI=1S/C37H66N4O8/c1-21-29-17-26(37(29,3)4)18-30(21)39-36(47)33-32(22(2)45)31(20-44)49-41(33)19-23-8-7-9-28(34(23)48-6)24-14-25(35(46)38-5)16-27(15-24)40(10-12-42)11-13-43/h21-34,42-45H,7-20H2,1-6H3,(H,38,46)(H,39,47)/t21-,22-,23?,24?,25?,26+,27?,28?,29-,30-,31-,32+,33-,34?/m0/s1.